The number of cyclic esters (lactones) is 1. The van der Waals surface area contributed by atoms with Crippen molar-refractivity contribution in [3.8, 4) is 0 Å². The first-order chi connectivity index (χ1) is 9.31. The molecular weight excluding hydrogens is 242 g/mol. The molecule has 1 aliphatic heterocycles. The van der Waals surface area contributed by atoms with E-state index in [1.165, 1.54) is 0 Å². The van der Waals surface area contributed by atoms with Crippen LogP contribution >= 0.6 is 0 Å². The Kier molecular flexibility index (Phi) is 5.21. The Morgan fingerprint density at radius 2 is 2.05 bits per heavy atom. The Hall–Kier alpha value is -1.55. The molecule has 4 nitrogen and oxygen atoms in total. The van der Waals surface area contributed by atoms with Crippen LogP contribution in [0.4, 0.5) is 5.69 Å². The first kappa shape index (κ1) is 13.9. The summed E-state index contributed by atoms with van der Waals surface area (Å²) in [6.07, 6.45) is 2.39. The van der Waals surface area contributed by atoms with Gasteiger partial charge in [0.2, 0.25) is 0 Å². The van der Waals surface area contributed by atoms with Crippen molar-refractivity contribution >= 4 is 11.7 Å². The molecule has 1 aromatic rings. The van der Waals surface area contributed by atoms with E-state index in [0.717, 1.165) is 38.0 Å². The van der Waals surface area contributed by atoms with E-state index >= 15 is 0 Å². The summed E-state index contributed by atoms with van der Waals surface area (Å²) in [7, 11) is 0. The van der Waals surface area contributed by atoms with Crippen LogP contribution in [0, 0.1) is 5.92 Å². The third-order valence-electron chi connectivity index (χ3n) is 3.50. The molecule has 1 atom stereocenters. The summed E-state index contributed by atoms with van der Waals surface area (Å²) >= 11 is 0. The van der Waals surface area contributed by atoms with Gasteiger partial charge in [0.15, 0.2) is 0 Å². The summed E-state index contributed by atoms with van der Waals surface area (Å²) in [5, 5.41) is 8.98. The number of hydrogen-bond acceptors (Lipinski definition) is 4. The normalized spacial score (nSPS) is 18.4. The highest BCUT2D eigenvalue weighted by molar-refractivity contribution is 5.74. The molecule has 0 aromatic heterocycles. The van der Waals surface area contributed by atoms with Gasteiger partial charge in [-0.05, 0) is 31.4 Å². The fraction of sp³-hybridized carbons (Fsp3) is 0.533. The van der Waals surface area contributed by atoms with Gasteiger partial charge in [-0.3, -0.25) is 4.79 Å². The van der Waals surface area contributed by atoms with Crippen molar-refractivity contribution in [2.24, 2.45) is 5.92 Å². The number of ether oxygens (including phenoxy) is 1. The maximum atomic E-state index is 11.5. The first-order valence-corrected chi connectivity index (χ1v) is 6.89. The molecule has 104 valence electrons. The lowest BCUT2D eigenvalue weighted by atomic mass is 10.0. The summed E-state index contributed by atoms with van der Waals surface area (Å²) in [5.41, 5.74) is 1.14. The van der Waals surface area contributed by atoms with Gasteiger partial charge in [-0.25, -0.2) is 0 Å². The Balaban J connectivity index is 1.92. The van der Waals surface area contributed by atoms with Gasteiger partial charge in [-0.1, -0.05) is 18.2 Å². The van der Waals surface area contributed by atoms with Crippen molar-refractivity contribution in [2.45, 2.75) is 19.3 Å². The van der Waals surface area contributed by atoms with Gasteiger partial charge in [0.1, 0.15) is 0 Å². The Morgan fingerprint density at radius 1 is 1.26 bits per heavy atom. The number of esters is 1. The minimum absolute atomic E-state index is 0.0420. The molecule has 1 aromatic carbocycles. The van der Waals surface area contributed by atoms with E-state index in [-0.39, 0.29) is 18.5 Å². The summed E-state index contributed by atoms with van der Waals surface area (Å²) in [6, 6.07) is 10.1. The Morgan fingerprint density at radius 3 is 2.68 bits per heavy atom. The Labute approximate surface area is 114 Å². The fourth-order valence-electron chi connectivity index (χ4n) is 2.38. The smallest absolute Gasteiger partial charge is 0.309 e. The van der Waals surface area contributed by atoms with E-state index < -0.39 is 0 Å². The summed E-state index contributed by atoms with van der Waals surface area (Å²) < 4.78 is 4.99. The van der Waals surface area contributed by atoms with Crippen LogP contribution in [0.3, 0.4) is 0 Å². The third kappa shape index (κ3) is 3.96. The van der Waals surface area contributed by atoms with Crippen molar-refractivity contribution in [1.82, 2.24) is 0 Å². The molecule has 1 unspecified atom stereocenters. The van der Waals surface area contributed by atoms with Gasteiger partial charge in [-0.15, -0.1) is 0 Å². The number of nitrogens with zero attached hydrogens (tertiary/aromatic N) is 1. The van der Waals surface area contributed by atoms with Crippen molar-refractivity contribution < 1.29 is 14.6 Å². The maximum Gasteiger partial charge on any atom is 0.309 e. The second-order valence-electron chi connectivity index (χ2n) is 4.84. The molecule has 0 saturated carbocycles. The van der Waals surface area contributed by atoms with Gasteiger partial charge in [0.25, 0.3) is 0 Å². The van der Waals surface area contributed by atoms with E-state index in [0.29, 0.717) is 6.61 Å². The summed E-state index contributed by atoms with van der Waals surface area (Å²) in [4.78, 5) is 13.7. The minimum atomic E-state index is -0.0600. The van der Waals surface area contributed by atoms with Gasteiger partial charge < -0.3 is 14.7 Å². The van der Waals surface area contributed by atoms with Crippen LogP contribution in [0.25, 0.3) is 0 Å². The van der Waals surface area contributed by atoms with E-state index in [9.17, 15) is 4.79 Å². The predicted molar refractivity (Wildman–Crippen MR) is 74.0 cm³/mol. The van der Waals surface area contributed by atoms with Crippen molar-refractivity contribution in [3.63, 3.8) is 0 Å². The van der Waals surface area contributed by atoms with Crippen LogP contribution in [0.15, 0.2) is 30.3 Å². The molecule has 4 heteroatoms. The average Bonchev–Trinajstić information content (AvgIpc) is 2.85. The molecule has 19 heavy (non-hydrogen) atoms. The average molecular weight is 263 g/mol. The molecule has 1 saturated heterocycles. The molecule has 1 N–H and O–H groups in total. The Bertz CT molecular complexity index is 394. The van der Waals surface area contributed by atoms with Crippen LogP contribution < -0.4 is 4.90 Å². The van der Waals surface area contributed by atoms with Crippen LogP contribution in [0.2, 0.25) is 0 Å². The zero-order chi connectivity index (χ0) is 13.5. The van der Waals surface area contributed by atoms with Crippen LogP contribution in [-0.2, 0) is 9.53 Å². The predicted octanol–water partition coefficient (Wildman–Crippen LogP) is 1.83. The van der Waals surface area contributed by atoms with E-state index in [1.807, 2.05) is 18.2 Å². The fourth-order valence-corrected chi connectivity index (χ4v) is 2.38. The van der Waals surface area contributed by atoms with E-state index in [2.05, 4.69) is 17.0 Å². The molecule has 0 bridgehead atoms. The zero-order valence-electron chi connectivity index (χ0n) is 11.1. The molecule has 1 heterocycles. The highest BCUT2D eigenvalue weighted by Gasteiger charge is 2.26. The largest absolute Gasteiger partial charge is 0.465 e. The van der Waals surface area contributed by atoms with Gasteiger partial charge >= 0.3 is 5.97 Å². The number of carbonyl (C=O) groups is 1. The maximum absolute atomic E-state index is 11.5. The van der Waals surface area contributed by atoms with Gasteiger partial charge in [0, 0.05) is 25.4 Å². The lowest BCUT2D eigenvalue weighted by molar-refractivity contribution is -0.141. The molecule has 2 rings (SSSR count). The van der Waals surface area contributed by atoms with Gasteiger partial charge in [-0.2, -0.15) is 0 Å². The topological polar surface area (TPSA) is 49.8 Å². The highest BCUT2D eigenvalue weighted by Crippen LogP contribution is 2.21. The number of aliphatic hydroxyl groups is 1. The summed E-state index contributed by atoms with van der Waals surface area (Å²) in [6.45, 7) is 2.38. The number of benzene rings is 1. The number of para-hydroxylation sites is 1. The third-order valence-corrected chi connectivity index (χ3v) is 3.50. The number of carbonyl (C=O) groups excluding carboxylic acids is 1. The molecular formula is C15H21NO3. The van der Waals surface area contributed by atoms with Crippen molar-refractivity contribution in [2.75, 3.05) is 31.2 Å². The number of rotatable bonds is 7. The number of anilines is 1. The van der Waals surface area contributed by atoms with Crippen LogP contribution in [-0.4, -0.2) is 37.4 Å². The van der Waals surface area contributed by atoms with E-state index in [1.54, 1.807) is 0 Å². The SMILES string of the molecule is O=C1OCCC1CCN(CCCO)c1ccccc1. The monoisotopic (exact) mass is 263 g/mol. The second kappa shape index (κ2) is 7.14. The molecule has 0 amide bonds. The molecule has 0 spiro atoms. The molecule has 0 aliphatic carbocycles. The van der Waals surface area contributed by atoms with Gasteiger partial charge in [0.05, 0.1) is 12.5 Å². The van der Waals surface area contributed by atoms with Crippen LogP contribution in [0.1, 0.15) is 19.3 Å². The highest BCUT2D eigenvalue weighted by atomic mass is 16.5. The summed E-state index contributed by atoms with van der Waals surface area (Å²) in [5.74, 6) is -0.0180. The van der Waals surface area contributed by atoms with Crippen LogP contribution in [0.5, 0.6) is 0 Å². The van der Waals surface area contributed by atoms with E-state index in [4.69, 9.17) is 9.84 Å². The lowest BCUT2D eigenvalue weighted by Crippen LogP contribution is -2.28. The second-order valence-corrected chi connectivity index (χ2v) is 4.84. The molecule has 1 fully saturated rings. The number of hydrogen-bond donors (Lipinski definition) is 1. The minimum Gasteiger partial charge on any atom is -0.465 e. The first-order valence-electron chi connectivity index (χ1n) is 6.89. The van der Waals surface area contributed by atoms with Crippen molar-refractivity contribution in [3.05, 3.63) is 30.3 Å². The number of aliphatic hydroxyl groups excluding tert-OH is 1. The zero-order valence-corrected chi connectivity index (χ0v) is 11.1. The quantitative estimate of drug-likeness (QED) is 0.762. The lowest BCUT2D eigenvalue weighted by Gasteiger charge is -2.25. The molecule has 0 radical (unpaired) electrons. The van der Waals surface area contributed by atoms with Crippen molar-refractivity contribution in [1.29, 1.82) is 0 Å². The molecule has 1 aliphatic rings. The standard InChI is InChI=1S/C15H21NO3/c17-11-4-9-16(14-5-2-1-3-6-14)10-7-13-8-12-19-15(13)18/h1-3,5-6,13,17H,4,7-12H2.